The number of piperazine rings is 1. The van der Waals surface area contributed by atoms with Crippen LogP contribution in [0.15, 0.2) is 115 Å². The third-order valence-corrected chi connectivity index (χ3v) is 7.62. The predicted molar refractivity (Wildman–Crippen MR) is 154 cm³/mol. The van der Waals surface area contributed by atoms with E-state index in [2.05, 4.69) is 65.6 Å². The number of pyridine rings is 1. The molecule has 188 valence electrons. The van der Waals surface area contributed by atoms with Gasteiger partial charge in [0.25, 0.3) is 5.91 Å². The first-order chi connectivity index (χ1) is 18.7. The van der Waals surface area contributed by atoms with Gasteiger partial charge in [0.1, 0.15) is 0 Å². The number of amides is 1. The number of nitrogens with zero attached hydrogens (tertiary/aromatic N) is 3. The van der Waals surface area contributed by atoms with Gasteiger partial charge in [-0.25, -0.2) is 4.98 Å². The Kier molecular flexibility index (Phi) is 6.91. The summed E-state index contributed by atoms with van der Waals surface area (Å²) in [5.74, 6) is 0.0347. The van der Waals surface area contributed by atoms with E-state index in [9.17, 15) is 4.79 Å². The molecule has 0 saturated carbocycles. The van der Waals surface area contributed by atoms with Crippen LogP contribution in [-0.2, 0) is 0 Å². The quantitative estimate of drug-likeness (QED) is 0.249. The summed E-state index contributed by atoms with van der Waals surface area (Å²) in [6, 6.07) is 38.8. The summed E-state index contributed by atoms with van der Waals surface area (Å²) in [7, 11) is 0. The third kappa shape index (κ3) is 4.81. The Labute approximate surface area is 228 Å². The van der Waals surface area contributed by atoms with E-state index in [1.165, 1.54) is 11.1 Å². The number of fused-ring (bicyclic) bond motifs is 1. The Hall–Kier alpha value is -3.99. The molecule has 0 N–H and O–H groups in total. The van der Waals surface area contributed by atoms with Crippen molar-refractivity contribution in [3.8, 4) is 11.3 Å². The summed E-state index contributed by atoms with van der Waals surface area (Å²) in [4.78, 5) is 23.2. The standard InChI is InChI=1S/C33H28ClN3O/c34-29-17-9-7-16-27(29)31-23-28(26-15-8-10-18-30(26)35-31)33(38)37-21-19-36(20-22-37)32(24-11-3-1-4-12-24)25-13-5-2-6-14-25/h1-18,23,32H,19-22H2. The average Bonchev–Trinajstić information content (AvgIpc) is 2.98. The molecule has 0 aliphatic carbocycles. The Bertz CT molecular complexity index is 1520. The Morgan fingerprint density at radius 3 is 1.95 bits per heavy atom. The minimum absolute atomic E-state index is 0.0347. The first kappa shape index (κ1) is 24.4. The lowest BCUT2D eigenvalue weighted by Crippen LogP contribution is -2.49. The SMILES string of the molecule is O=C(c1cc(-c2ccccc2Cl)nc2ccccc12)N1CCN(C(c2ccccc2)c2ccccc2)CC1. The van der Waals surface area contributed by atoms with Crippen LogP contribution in [0.1, 0.15) is 27.5 Å². The number of aromatic nitrogens is 1. The second-order valence-corrected chi connectivity index (χ2v) is 10.0. The van der Waals surface area contributed by atoms with E-state index in [-0.39, 0.29) is 11.9 Å². The predicted octanol–water partition coefficient (Wildman–Crippen LogP) is 7.10. The van der Waals surface area contributed by atoms with Gasteiger partial charge in [0.15, 0.2) is 0 Å². The first-order valence-electron chi connectivity index (χ1n) is 13.0. The van der Waals surface area contributed by atoms with Gasteiger partial charge in [-0.3, -0.25) is 9.69 Å². The van der Waals surface area contributed by atoms with E-state index in [4.69, 9.17) is 16.6 Å². The zero-order valence-electron chi connectivity index (χ0n) is 21.0. The molecule has 4 aromatic carbocycles. The number of hydrogen-bond donors (Lipinski definition) is 0. The topological polar surface area (TPSA) is 36.4 Å². The van der Waals surface area contributed by atoms with Crippen molar-refractivity contribution >= 4 is 28.4 Å². The van der Waals surface area contributed by atoms with E-state index >= 15 is 0 Å². The fourth-order valence-corrected chi connectivity index (χ4v) is 5.63. The zero-order chi connectivity index (χ0) is 25.9. The van der Waals surface area contributed by atoms with Gasteiger partial charge >= 0.3 is 0 Å². The molecule has 0 atom stereocenters. The highest BCUT2D eigenvalue weighted by Gasteiger charge is 2.29. The molecule has 0 spiro atoms. The van der Waals surface area contributed by atoms with Crippen LogP contribution >= 0.6 is 11.6 Å². The molecule has 1 amide bonds. The molecular weight excluding hydrogens is 490 g/mol. The maximum absolute atomic E-state index is 13.9. The molecule has 0 unspecified atom stereocenters. The van der Waals surface area contributed by atoms with Crippen molar-refractivity contribution in [2.45, 2.75) is 6.04 Å². The maximum Gasteiger partial charge on any atom is 0.254 e. The number of hydrogen-bond acceptors (Lipinski definition) is 3. The molecule has 1 saturated heterocycles. The number of carbonyl (C=O) groups is 1. The summed E-state index contributed by atoms with van der Waals surface area (Å²) in [6.07, 6.45) is 0. The number of benzene rings is 4. The van der Waals surface area contributed by atoms with Crippen LogP contribution in [0, 0.1) is 0 Å². The lowest BCUT2D eigenvalue weighted by Gasteiger charge is -2.40. The summed E-state index contributed by atoms with van der Waals surface area (Å²) >= 11 is 6.50. The Morgan fingerprint density at radius 2 is 1.29 bits per heavy atom. The molecule has 38 heavy (non-hydrogen) atoms. The highest BCUT2D eigenvalue weighted by molar-refractivity contribution is 6.33. The Balaban J connectivity index is 1.29. The van der Waals surface area contributed by atoms with Crippen molar-refractivity contribution < 1.29 is 4.79 Å². The summed E-state index contributed by atoms with van der Waals surface area (Å²) in [6.45, 7) is 2.90. The fourth-order valence-electron chi connectivity index (χ4n) is 5.40. The Morgan fingerprint density at radius 1 is 0.711 bits per heavy atom. The second kappa shape index (κ2) is 10.8. The van der Waals surface area contributed by atoms with E-state index in [1.54, 1.807) is 0 Å². The third-order valence-electron chi connectivity index (χ3n) is 7.29. The average molecular weight is 518 g/mol. The molecule has 4 nitrogen and oxygen atoms in total. The molecular formula is C33H28ClN3O. The van der Waals surface area contributed by atoms with Gasteiger partial charge in [-0.05, 0) is 29.3 Å². The van der Waals surface area contributed by atoms with Crippen LogP contribution in [0.4, 0.5) is 0 Å². The van der Waals surface area contributed by atoms with Crippen LogP contribution in [-0.4, -0.2) is 46.9 Å². The molecule has 1 fully saturated rings. The van der Waals surface area contributed by atoms with Gasteiger partial charge in [0.2, 0.25) is 0 Å². The highest BCUT2D eigenvalue weighted by Crippen LogP contribution is 2.32. The summed E-state index contributed by atoms with van der Waals surface area (Å²) in [5, 5.41) is 1.48. The number of rotatable bonds is 5. The molecule has 5 heteroatoms. The zero-order valence-corrected chi connectivity index (χ0v) is 21.8. The molecule has 2 heterocycles. The number of carbonyl (C=O) groups excluding carboxylic acids is 1. The minimum atomic E-state index is 0.0347. The lowest BCUT2D eigenvalue weighted by molar-refractivity contribution is 0.0599. The van der Waals surface area contributed by atoms with E-state index in [0.717, 1.165) is 29.6 Å². The summed E-state index contributed by atoms with van der Waals surface area (Å²) in [5.41, 5.74) is 5.53. The smallest absolute Gasteiger partial charge is 0.254 e. The van der Waals surface area contributed by atoms with Crippen LogP contribution < -0.4 is 0 Å². The van der Waals surface area contributed by atoms with Gasteiger partial charge in [-0.2, -0.15) is 0 Å². The van der Waals surface area contributed by atoms with Gasteiger partial charge in [-0.15, -0.1) is 0 Å². The van der Waals surface area contributed by atoms with Gasteiger partial charge < -0.3 is 4.90 Å². The van der Waals surface area contributed by atoms with Gasteiger partial charge in [0.05, 0.1) is 22.8 Å². The van der Waals surface area contributed by atoms with E-state index < -0.39 is 0 Å². The number of para-hydroxylation sites is 1. The van der Waals surface area contributed by atoms with Crippen LogP contribution in [0.2, 0.25) is 5.02 Å². The summed E-state index contributed by atoms with van der Waals surface area (Å²) < 4.78 is 0. The fraction of sp³-hybridized carbons (Fsp3) is 0.152. The van der Waals surface area contributed by atoms with Crippen LogP contribution in [0.5, 0.6) is 0 Å². The largest absolute Gasteiger partial charge is 0.336 e. The second-order valence-electron chi connectivity index (χ2n) is 9.60. The van der Waals surface area contributed by atoms with Crippen molar-refractivity contribution in [3.63, 3.8) is 0 Å². The molecule has 6 rings (SSSR count). The normalized spacial score (nSPS) is 14.2. The molecule has 1 aliphatic heterocycles. The van der Waals surface area contributed by atoms with Crippen molar-refractivity contribution in [1.82, 2.24) is 14.8 Å². The highest BCUT2D eigenvalue weighted by atomic mass is 35.5. The monoisotopic (exact) mass is 517 g/mol. The molecule has 1 aromatic heterocycles. The van der Waals surface area contributed by atoms with Crippen molar-refractivity contribution in [1.29, 1.82) is 0 Å². The van der Waals surface area contributed by atoms with E-state index in [1.807, 2.05) is 59.5 Å². The lowest BCUT2D eigenvalue weighted by atomic mass is 9.96. The van der Waals surface area contributed by atoms with Crippen molar-refractivity contribution in [2.75, 3.05) is 26.2 Å². The minimum Gasteiger partial charge on any atom is -0.336 e. The molecule has 0 bridgehead atoms. The number of halogens is 1. The molecule has 1 aliphatic rings. The van der Waals surface area contributed by atoms with Gasteiger partial charge in [0, 0.05) is 42.2 Å². The van der Waals surface area contributed by atoms with Gasteiger partial charge in [-0.1, -0.05) is 109 Å². The van der Waals surface area contributed by atoms with Crippen molar-refractivity contribution in [3.05, 3.63) is 137 Å². The van der Waals surface area contributed by atoms with Crippen LogP contribution in [0.25, 0.3) is 22.2 Å². The first-order valence-corrected chi connectivity index (χ1v) is 13.3. The van der Waals surface area contributed by atoms with Crippen molar-refractivity contribution in [2.24, 2.45) is 0 Å². The van der Waals surface area contributed by atoms with Crippen LogP contribution in [0.3, 0.4) is 0 Å². The molecule has 5 aromatic rings. The van der Waals surface area contributed by atoms with E-state index in [0.29, 0.717) is 29.4 Å². The molecule has 0 radical (unpaired) electrons. The maximum atomic E-state index is 13.9.